The Hall–Kier alpha value is -6.84. The van der Waals surface area contributed by atoms with Gasteiger partial charge >= 0.3 is 0 Å². The lowest BCUT2D eigenvalue weighted by molar-refractivity contribution is 0.471. The Kier molecular flexibility index (Phi) is 7.48. The molecular weight excluding hydrogens is 657 g/mol. The standard InChI is InChI=1S/C51H38N2O/c1-51(2)44-16-11-19-49-50(44)53(47-17-9-10-18-48(47)54-49)46-33-26-40(34-45(46)51)39-24-31-43(32-25-39)52(41-27-20-37(21-28-41)35-12-5-3-6-13-35)42-29-22-38(23-30-42)36-14-7-4-8-15-36/h3-34H,1-2H3. The SMILES string of the molecule is CC1(C)c2cc(-c3ccc(N(c4ccc(-c5ccccc5)cc4)c4ccc(-c5ccccc5)cc4)cc3)ccc2N2c3ccccc3Oc3cccc1c32. The predicted molar refractivity (Wildman–Crippen MR) is 224 cm³/mol. The summed E-state index contributed by atoms with van der Waals surface area (Å²) in [5.74, 6) is 1.78. The van der Waals surface area contributed by atoms with Gasteiger partial charge in [0, 0.05) is 22.5 Å². The molecular formula is C51H38N2O. The summed E-state index contributed by atoms with van der Waals surface area (Å²) in [5, 5.41) is 0. The van der Waals surface area contributed by atoms with Crippen LogP contribution in [0.5, 0.6) is 11.5 Å². The van der Waals surface area contributed by atoms with Crippen LogP contribution in [0.2, 0.25) is 0 Å². The van der Waals surface area contributed by atoms with Crippen LogP contribution in [0.15, 0.2) is 194 Å². The van der Waals surface area contributed by atoms with Crippen molar-refractivity contribution in [2.45, 2.75) is 19.3 Å². The highest BCUT2D eigenvalue weighted by atomic mass is 16.5. The van der Waals surface area contributed by atoms with Gasteiger partial charge in [-0.15, -0.1) is 0 Å². The molecule has 0 aromatic heterocycles. The maximum Gasteiger partial charge on any atom is 0.151 e. The van der Waals surface area contributed by atoms with Crippen molar-refractivity contribution in [2.24, 2.45) is 0 Å². The molecule has 0 N–H and O–H groups in total. The molecule has 54 heavy (non-hydrogen) atoms. The maximum absolute atomic E-state index is 6.43. The Morgan fingerprint density at radius 3 is 1.43 bits per heavy atom. The molecule has 3 nitrogen and oxygen atoms in total. The Balaban J connectivity index is 1.03. The number of nitrogens with zero attached hydrogens (tertiary/aromatic N) is 2. The van der Waals surface area contributed by atoms with Crippen LogP contribution in [0.1, 0.15) is 25.0 Å². The van der Waals surface area contributed by atoms with Crippen LogP contribution >= 0.6 is 0 Å². The van der Waals surface area contributed by atoms with Crippen LogP contribution in [-0.2, 0) is 5.41 Å². The topological polar surface area (TPSA) is 15.7 Å². The van der Waals surface area contributed by atoms with Crippen LogP contribution in [0.25, 0.3) is 33.4 Å². The Labute approximate surface area is 317 Å². The van der Waals surface area contributed by atoms with Gasteiger partial charge in [0.15, 0.2) is 11.5 Å². The largest absolute Gasteiger partial charge is 0.453 e. The molecule has 2 aliphatic rings. The number of fused-ring (bicyclic) bond motifs is 4. The van der Waals surface area contributed by atoms with E-state index in [1.807, 2.05) is 6.07 Å². The molecule has 0 aliphatic carbocycles. The van der Waals surface area contributed by atoms with Gasteiger partial charge in [-0.3, -0.25) is 0 Å². The van der Waals surface area contributed by atoms with E-state index in [1.165, 1.54) is 50.2 Å². The minimum atomic E-state index is -0.225. The molecule has 3 heteroatoms. The summed E-state index contributed by atoms with van der Waals surface area (Å²) in [5.41, 5.74) is 16.2. The highest BCUT2D eigenvalue weighted by Gasteiger charge is 2.41. The summed E-state index contributed by atoms with van der Waals surface area (Å²) >= 11 is 0. The van der Waals surface area contributed by atoms with E-state index in [0.717, 1.165) is 39.9 Å². The average molecular weight is 695 g/mol. The van der Waals surface area contributed by atoms with Crippen molar-refractivity contribution in [3.8, 4) is 44.9 Å². The minimum Gasteiger partial charge on any atom is -0.453 e. The third kappa shape index (κ3) is 5.28. The fraction of sp³-hybridized carbons (Fsp3) is 0.0588. The Morgan fingerprint density at radius 2 is 0.852 bits per heavy atom. The van der Waals surface area contributed by atoms with Crippen molar-refractivity contribution in [2.75, 3.05) is 9.80 Å². The first kappa shape index (κ1) is 31.9. The van der Waals surface area contributed by atoms with Crippen LogP contribution in [0.4, 0.5) is 34.1 Å². The molecule has 2 heterocycles. The van der Waals surface area contributed by atoms with Crippen LogP contribution < -0.4 is 14.5 Å². The molecule has 10 rings (SSSR count). The van der Waals surface area contributed by atoms with Crippen molar-refractivity contribution in [1.29, 1.82) is 0 Å². The molecule has 0 spiro atoms. The van der Waals surface area contributed by atoms with E-state index in [2.05, 4.69) is 212 Å². The molecule has 2 aliphatic heterocycles. The quantitative estimate of drug-likeness (QED) is 0.172. The van der Waals surface area contributed by atoms with Crippen molar-refractivity contribution in [1.82, 2.24) is 0 Å². The zero-order valence-electron chi connectivity index (χ0n) is 30.3. The van der Waals surface area contributed by atoms with Crippen LogP contribution in [0.3, 0.4) is 0 Å². The van der Waals surface area contributed by atoms with Crippen molar-refractivity contribution in [3.05, 3.63) is 205 Å². The summed E-state index contributed by atoms with van der Waals surface area (Å²) in [7, 11) is 0. The molecule has 0 saturated heterocycles. The van der Waals surface area contributed by atoms with Gasteiger partial charge in [-0.2, -0.15) is 0 Å². The molecule has 258 valence electrons. The highest BCUT2D eigenvalue weighted by molar-refractivity contribution is 5.94. The average Bonchev–Trinajstić information content (AvgIpc) is 3.23. The molecule has 0 unspecified atom stereocenters. The number of ether oxygens (including phenoxy) is 1. The second-order valence-electron chi connectivity index (χ2n) is 14.6. The number of hydrogen-bond acceptors (Lipinski definition) is 3. The highest BCUT2D eigenvalue weighted by Crippen LogP contribution is 2.60. The summed E-state index contributed by atoms with van der Waals surface area (Å²) in [6, 6.07) is 69.6. The normalized spacial score (nSPS) is 13.3. The fourth-order valence-corrected chi connectivity index (χ4v) is 8.23. The van der Waals surface area contributed by atoms with E-state index in [-0.39, 0.29) is 5.41 Å². The number of anilines is 6. The van der Waals surface area contributed by atoms with E-state index < -0.39 is 0 Å². The first-order chi connectivity index (χ1) is 26.5. The van der Waals surface area contributed by atoms with Gasteiger partial charge in [-0.05, 0) is 111 Å². The van der Waals surface area contributed by atoms with Gasteiger partial charge in [0.1, 0.15) is 0 Å². The molecule has 8 aromatic carbocycles. The summed E-state index contributed by atoms with van der Waals surface area (Å²) in [6.07, 6.45) is 0. The molecule has 0 atom stereocenters. The molecule has 0 fully saturated rings. The first-order valence-electron chi connectivity index (χ1n) is 18.6. The molecule has 8 aromatic rings. The maximum atomic E-state index is 6.43. The third-order valence-electron chi connectivity index (χ3n) is 11.1. The van der Waals surface area contributed by atoms with Gasteiger partial charge in [-0.1, -0.05) is 141 Å². The molecule has 0 radical (unpaired) electrons. The number of rotatable bonds is 6. The van der Waals surface area contributed by atoms with Crippen LogP contribution in [0, 0.1) is 0 Å². The lowest BCUT2D eigenvalue weighted by atomic mass is 9.72. The van der Waals surface area contributed by atoms with Crippen molar-refractivity contribution >= 4 is 34.1 Å². The zero-order chi connectivity index (χ0) is 36.2. The minimum absolute atomic E-state index is 0.225. The van der Waals surface area contributed by atoms with E-state index in [4.69, 9.17) is 4.74 Å². The number of hydrogen-bond donors (Lipinski definition) is 0. The number of para-hydroxylation sites is 3. The second kappa shape index (κ2) is 12.7. The van der Waals surface area contributed by atoms with Gasteiger partial charge in [0.05, 0.1) is 17.1 Å². The van der Waals surface area contributed by atoms with Crippen LogP contribution in [-0.4, -0.2) is 0 Å². The second-order valence-corrected chi connectivity index (χ2v) is 14.6. The van der Waals surface area contributed by atoms with Gasteiger partial charge in [0.2, 0.25) is 0 Å². The monoisotopic (exact) mass is 694 g/mol. The van der Waals surface area contributed by atoms with Crippen molar-refractivity contribution < 1.29 is 4.74 Å². The molecule has 0 amide bonds. The fourth-order valence-electron chi connectivity index (χ4n) is 8.23. The summed E-state index contributed by atoms with van der Waals surface area (Å²) in [6.45, 7) is 4.66. The number of benzene rings is 8. The molecule has 0 saturated carbocycles. The molecule has 0 bridgehead atoms. The van der Waals surface area contributed by atoms with Gasteiger partial charge < -0.3 is 14.5 Å². The first-order valence-corrected chi connectivity index (χ1v) is 18.6. The third-order valence-corrected chi connectivity index (χ3v) is 11.1. The van der Waals surface area contributed by atoms with E-state index >= 15 is 0 Å². The zero-order valence-corrected chi connectivity index (χ0v) is 30.3. The Bertz CT molecular complexity index is 2550. The van der Waals surface area contributed by atoms with E-state index in [9.17, 15) is 0 Å². The Morgan fingerprint density at radius 1 is 0.389 bits per heavy atom. The van der Waals surface area contributed by atoms with Gasteiger partial charge in [0.25, 0.3) is 0 Å². The summed E-state index contributed by atoms with van der Waals surface area (Å²) in [4.78, 5) is 4.73. The van der Waals surface area contributed by atoms with E-state index in [1.54, 1.807) is 0 Å². The van der Waals surface area contributed by atoms with Crippen molar-refractivity contribution in [3.63, 3.8) is 0 Å². The van der Waals surface area contributed by atoms with E-state index in [0.29, 0.717) is 0 Å². The lowest BCUT2D eigenvalue weighted by Gasteiger charge is -2.45. The lowest BCUT2D eigenvalue weighted by Crippen LogP contribution is -2.32. The summed E-state index contributed by atoms with van der Waals surface area (Å²) < 4.78 is 6.43. The smallest absolute Gasteiger partial charge is 0.151 e. The predicted octanol–water partition coefficient (Wildman–Crippen LogP) is 14.4. The van der Waals surface area contributed by atoms with Gasteiger partial charge in [-0.25, -0.2) is 0 Å².